The molecule has 0 aliphatic carbocycles. The Balaban J connectivity index is 0.00000180. The van der Waals surface area contributed by atoms with Gasteiger partial charge >= 0.3 is 0 Å². The van der Waals surface area contributed by atoms with Crippen LogP contribution in [-0.4, -0.2) is 36.2 Å². The number of hydrogen-bond acceptors (Lipinski definition) is 4. The van der Waals surface area contributed by atoms with Crippen molar-refractivity contribution >= 4 is 40.7 Å². The van der Waals surface area contributed by atoms with Gasteiger partial charge in [-0.3, -0.25) is 4.90 Å². The maximum Gasteiger partial charge on any atom is 0.121 e. The quantitative estimate of drug-likeness (QED) is 0.843. The van der Waals surface area contributed by atoms with Crippen molar-refractivity contribution in [3.05, 3.63) is 28.2 Å². The van der Waals surface area contributed by atoms with Crippen LogP contribution in [0.3, 0.4) is 0 Å². The van der Waals surface area contributed by atoms with E-state index < -0.39 is 0 Å². The summed E-state index contributed by atoms with van der Waals surface area (Å²) in [5.41, 5.74) is 0.835. The van der Waals surface area contributed by atoms with Crippen molar-refractivity contribution in [2.75, 3.05) is 26.2 Å². The van der Waals surface area contributed by atoms with Gasteiger partial charge in [-0.05, 0) is 12.1 Å². The highest BCUT2D eigenvalue weighted by molar-refractivity contribution is 9.10. The summed E-state index contributed by atoms with van der Waals surface area (Å²) >= 11 is 3.33. The lowest BCUT2D eigenvalue weighted by atomic mass is 10.0. The Labute approximate surface area is 140 Å². The molecular weight excluding hydrogens is 365 g/mol. The Morgan fingerprint density at radius 2 is 2.00 bits per heavy atom. The van der Waals surface area contributed by atoms with Crippen LogP contribution >= 0.6 is 40.7 Å². The van der Waals surface area contributed by atoms with Crippen LogP contribution in [0, 0.1) is 11.3 Å². The number of benzene rings is 1. The number of nitrogens with zero attached hydrogens (tertiary/aromatic N) is 2. The zero-order valence-corrected chi connectivity index (χ0v) is 14.1. The molecule has 1 atom stereocenters. The summed E-state index contributed by atoms with van der Waals surface area (Å²) in [5, 5.41) is 22.3. The van der Waals surface area contributed by atoms with Gasteiger partial charge in [0.2, 0.25) is 0 Å². The molecule has 4 nitrogen and oxygen atoms in total. The van der Waals surface area contributed by atoms with Crippen LogP contribution in [-0.2, 0) is 0 Å². The van der Waals surface area contributed by atoms with Crippen molar-refractivity contribution in [3.8, 4) is 11.8 Å². The highest BCUT2D eigenvalue weighted by atomic mass is 79.9. The molecular formula is C13H18BrCl2N3O. The lowest BCUT2D eigenvalue weighted by molar-refractivity contribution is 0.173. The molecule has 1 aliphatic heterocycles. The molecule has 1 saturated heterocycles. The summed E-state index contributed by atoms with van der Waals surface area (Å²) in [7, 11) is 0. The number of hydrogen-bond donors (Lipinski definition) is 2. The first-order valence-electron chi connectivity index (χ1n) is 6.02. The SMILES string of the molecule is Cl.Cl.N#CC[C@@H](c1ccc(Br)cc1O)N1CCNCC1. The van der Waals surface area contributed by atoms with Gasteiger partial charge in [0.25, 0.3) is 0 Å². The van der Waals surface area contributed by atoms with E-state index in [1.807, 2.05) is 12.1 Å². The van der Waals surface area contributed by atoms with Gasteiger partial charge in [-0.15, -0.1) is 24.8 Å². The average molecular weight is 383 g/mol. The van der Waals surface area contributed by atoms with E-state index in [0.717, 1.165) is 36.2 Å². The molecule has 1 aliphatic rings. The first kappa shape index (κ1) is 19.5. The number of nitriles is 1. The van der Waals surface area contributed by atoms with Gasteiger partial charge in [0, 0.05) is 36.2 Å². The molecule has 112 valence electrons. The van der Waals surface area contributed by atoms with E-state index in [1.165, 1.54) is 0 Å². The third-order valence-corrected chi connectivity index (χ3v) is 3.72. The molecule has 0 radical (unpaired) electrons. The topological polar surface area (TPSA) is 59.3 Å². The lowest BCUT2D eigenvalue weighted by Gasteiger charge is -2.34. The van der Waals surface area contributed by atoms with Crippen LogP contribution in [0.5, 0.6) is 5.75 Å². The van der Waals surface area contributed by atoms with Crippen molar-refractivity contribution in [1.29, 1.82) is 5.26 Å². The second kappa shape index (κ2) is 9.43. The first-order chi connectivity index (χ1) is 8.72. The number of phenolic OH excluding ortho intramolecular Hbond substituents is 1. The van der Waals surface area contributed by atoms with E-state index in [0.29, 0.717) is 6.42 Å². The molecule has 7 heteroatoms. The highest BCUT2D eigenvalue weighted by Gasteiger charge is 2.24. The molecule has 0 saturated carbocycles. The van der Waals surface area contributed by atoms with E-state index in [4.69, 9.17) is 5.26 Å². The van der Waals surface area contributed by atoms with E-state index in [-0.39, 0.29) is 36.6 Å². The van der Waals surface area contributed by atoms with E-state index in [9.17, 15) is 5.11 Å². The van der Waals surface area contributed by atoms with Crippen molar-refractivity contribution in [2.45, 2.75) is 12.5 Å². The molecule has 20 heavy (non-hydrogen) atoms. The normalized spacial score (nSPS) is 16.4. The fourth-order valence-electron chi connectivity index (χ4n) is 2.31. The van der Waals surface area contributed by atoms with E-state index in [1.54, 1.807) is 6.07 Å². The fraction of sp³-hybridized carbons (Fsp3) is 0.462. The molecule has 1 aromatic rings. The van der Waals surface area contributed by atoms with Crippen molar-refractivity contribution in [2.24, 2.45) is 0 Å². The molecule has 2 N–H and O–H groups in total. The summed E-state index contributed by atoms with van der Waals surface area (Å²) in [5.74, 6) is 0.253. The van der Waals surface area contributed by atoms with Crippen LogP contribution < -0.4 is 5.32 Å². The highest BCUT2D eigenvalue weighted by Crippen LogP contribution is 2.33. The molecule has 0 unspecified atom stereocenters. The Kier molecular flexibility index (Phi) is 9.19. The second-order valence-electron chi connectivity index (χ2n) is 4.37. The van der Waals surface area contributed by atoms with Crippen LogP contribution in [0.2, 0.25) is 0 Å². The number of halogens is 3. The zero-order valence-electron chi connectivity index (χ0n) is 10.9. The fourth-order valence-corrected chi connectivity index (χ4v) is 2.66. The maximum absolute atomic E-state index is 10.0. The average Bonchev–Trinajstić information content (AvgIpc) is 2.38. The standard InChI is InChI=1S/C13H16BrN3O.2ClH/c14-10-1-2-11(13(18)9-10)12(3-4-15)17-7-5-16-6-8-17;;/h1-2,9,12,16,18H,3,5-8H2;2*1H/t12-;;/m0../s1. The Bertz CT molecular complexity index is 461. The van der Waals surface area contributed by atoms with Crippen LogP contribution in [0.25, 0.3) is 0 Å². The lowest BCUT2D eigenvalue weighted by Crippen LogP contribution is -2.45. The monoisotopic (exact) mass is 381 g/mol. The molecule has 2 rings (SSSR count). The minimum atomic E-state index is -0.0230. The minimum Gasteiger partial charge on any atom is -0.508 e. The number of phenols is 1. The van der Waals surface area contributed by atoms with Crippen molar-refractivity contribution < 1.29 is 5.11 Å². The summed E-state index contributed by atoms with van der Waals surface area (Å²) in [6, 6.07) is 7.68. The smallest absolute Gasteiger partial charge is 0.121 e. The maximum atomic E-state index is 10.0. The van der Waals surface area contributed by atoms with Gasteiger partial charge in [-0.2, -0.15) is 5.26 Å². The Morgan fingerprint density at radius 3 is 2.55 bits per heavy atom. The zero-order chi connectivity index (χ0) is 13.0. The second-order valence-corrected chi connectivity index (χ2v) is 5.28. The van der Waals surface area contributed by atoms with Crippen molar-refractivity contribution in [3.63, 3.8) is 0 Å². The molecule has 0 amide bonds. The number of aromatic hydroxyl groups is 1. The van der Waals surface area contributed by atoms with Crippen LogP contribution in [0.15, 0.2) is 22.7 Å². The minimum absolute atomic E-state index is 0. The summed E-state index contributed by atoms with van der Waals surface area (Å²) < 4.78 is 0.847. The Hall–Kier alpha value is -0.510. The van der Waals surface area contributed by atoms with E-state index >= 15 is 0 Å². The molecule has 1 fully saturated rings. The predicted molar refractivity (Wildman–Crippen MR) is 87.7 cm³/mol. The third-order valence-electron chi connectivity index (χ3n) is 3.23. The molecule has 0 aromatic heterocycles. The van der Waals surface area contributed by atoms with Gasteiger partial charge in [0.05, 0.1) is 18.5 Å². The summed E-state index contributed by atoms with van der Waals surface area (Å²) in [6.45, 7) is 3.67. The van der Waals surface area contributed by atoms with E-state index in [2.05, 4.69) is 32.2 Å². The van der Waals surface area contributed by atoms with Crippen molar-refractivity contribution in [1.82, 2.24) is 10.2 Å². The predicted octanol–water partition coefficient (Wildman–Crippen LogP) is 2.86. The molecule has 1 aromatic carbocycles. The first-order valence-corrected chi connectivity index (χ1v) is 6.82. The molecule has 1 heterocycles. The van der Waals surface area contributed by atoms with Gasteiger partial charge in [0.1, 0.15) is 5.75 Å². The third kappa shape index (κ3) is 4.80. The largest absolute Gasteiger partial charge is 0.508 e. The molecule has 0 bridgehead atoms. The van der Waals surface area contributed by atoms with Gasteiger partial charge in [0.15, 0.2) is 0 Å². The Morgan fingerprint density at radius 1 is 1.35 bits per heavy atom. The number of rotatable bonds is 3. The van der Waals surface area contributed by atoms with Gasteiger partial charge < -0.3 is 10.4 Å². The van der Waals surface area contributed by atoms with Crippen LogP contribution in [0.1, 0.15) is 18.0 Å². The van der Waals surface area contributed by atoms with Crippen LogP contribution in [0.4, 0.5) is 0 Å². The number of piperazine rings is 1. The number of nitrogens with one attached hydrogen (secondary N) is 1. The van der Waals surface area contributed by atoms with Gasteiger partial charge in [-0.1, -0.05) is 22.0 Å². The molecule has 0 spiro atoms. The summed E-state index contributed by atoms with van der Waals surface area (Å²) in [4.78, 5) is 2.25. The summed E-state index contributed by atoms with van der Waals surface area (Å²) in [6.07, 6.45) is 0.398. The van der Waals surface area contributed by atoms with Gasteiger partial charge in [-0.25, -0.2) is 0 Å².